The van der Waals surface area contributed by atoms with Crippen molar-refractivity contribution in [2.75, 3.05) is 13.8 Å². The van der Waals surface area contributed by atoms with Crippen molar-refractivity contribution in [1.29, 1.82) is 0 Å². The number of rotatable bonds is 5. The molecule has 5 nitrogen and oxygen atoms in total. The molecule has 0 fully saturated rings. The molecule has 0 saturated heterocycles. The van der Waals surface area contributed by atoms with Gasteiger partial charge in [-0.05, 0) is 43.2 Å². The molecule has 134 valence electrons. The molecule has 1 aliphatic rings. The third-order valence-corrected chi connectivity index (χ3v) is 5.91. The van der Waals surface area contributed by atoms with E-state index in [0.29, 0.717) is 12.8 Å². The van der Waals surface area contributed by atoms with E-state index in [1.165, 1.54) is 0 Å². The van der Waals surface area contributed by atoms with Crippen LogP contribution in [0.1, 0.15) is 30.0 Å². The van der Waals surface area contributed by atoms with E-state index in [2.05, 4.69) is 11.1 Å². The number of carbonyl (C=O) groups excluding carboxylic acids is 1. The highest BCUT2D eigenvalue weighted by Gasteiger charge is 2.21. The predicted molar refractivity (Wildman–Crippen MR) is 102 cm³/mol. The zero-order chi connectivity index (χ0) is 18.1. The van der Waals surface area contributed by atoms with Crippen molar-refractivity contribution in [3.8, 4) is 11.5 Å². The highest BCUT2D eigenvalue weighted by molar-refractivity contribution is 7.18. The van der Waals surface area contributed by atoms with E-state index in [1.807, 2.05) is 50.4 Å². The van der Waals surface area contributed by atoms with Crippen molar-refractivity contribution in [2.24, 2.45) is 0 Å². The Bertz CT molecular complexity index is 920. The molecule has 1 aromatic heterocycles. The van der Waals surface area contributed by atoms with Crippen LogP contribution in [-0.4, -0.2) is 29.6 Å². The third kappa shape index (κ3) is 3.24. The molecule has 4 rings (SSSR count). The Morgan fingerprint density at radius 1 is 1.23 bits per heavy atom. The minimum atomic E-state index is -0.0448. The lowest BCUT2D eigenvalue weighted by Crippen LogP contribution is -2.29. The highest BCUT2D eigenvalue weighted by Crippen LogP contribution is 2.33. The van der Waals surface area contributed by atoms with Crippen LogP contribution in [0.3, 0.4) is 0 Å². The van der Waals surface area contributed by atoms with Gasteiger partial charge in [0, 0.05) is 13.5 Å². The fourth-order valence-corrected chi connectivity index (χ4v) is 4.04. The number of nitrogens with zero attached hydrogens (tertiary/aromatic N) is 2. The molecule has 1 amide bonds. The zero-order valence-electron chi connectivity index (χ0n) is 14.8. The fraction of sp³-hybridized carbons (Fsp3) is 0.300. The van der Waals surface area contributed by atoms with Gasteiger partial charge in [0.1, 0.15) is 5.01 Å². The Morgan fingerprint density at radius 3 is 2.88 bits per heavy atom. The highest BCUT2D eigenvalue weighted by atomic mass is 32.1. The van der Waals surface area contributed by atoms with Crippen LogP contribution >= 0.6 is 11.3 Å². The summed E-state index contributed by atoms with van der Waals surface area (Å²) in [5, 5.41) is 0.963. The number of benzene rings is 2. The van der Waals surface area contributed by atoms with Crippen LogP contribution in [0.4, 0.5) is 0 Å². The molecule has 0 N–H and O–H groups in total. The number of thiazole rings is 1. The lowest BCUT2D eigenvalue weighted by atomic mass is 10.1. The van der Waals surface area contributed by atoms with Gasteiger partial charge < -0.3 is 14.4 Å². The standard InChI is InChI=1S/C20H20N2O3S/c1-13(20-21-15-5-3-4-6-18(15)26-20)22(2)19(23)10-8-14-7-9-16-17(11-14)25-12-24-16/h3-7,9,11,13H,8,10,12H2,1-2H3/t13-/m1/s1. The summed E-state index contributed by atoms with van der Waals surface area (Å²) in [5.74, 6) is 1.63. The third-order valence-electron chi connectivity index (χ3n) is 4.71. The second kappa shape index (κ2) is 6.96. The zero-order valence-corrected chi connectivity index (χ0v) is 15.6. The van der Waals surface area contributed by atoms with Crippen molar-refractivity contribution in [3.05, 3.63) is 53.0 Å². The Morgan fingerprint density at radius 2 is 2.04 bits per heavy atom. The Hall–Kier alpha value is -2.60. The first-order valence-electron chi connectivity index (χ1n) is 8.61. The van der Waals surface area contributed by atoms with Crippen LogP contribution in [0.2, 0.25) is 0 Å². The molecule has 1 atom stereocenters. The lowest BCUT2D eigenvalue weighted by Gasteiger charge is -2.23. The minimum absolute atomic E-state index is 0.0448. The van der Waals surface area contributed by atoms with Gasteiger partial charge in [-0.15, -0.1) is 11.3 Å². The molecule has 1 aliphatic heterocycles. The molecular weight excluding hydrogens is 348 g/mol. The van der Waals surface area contributed by atoms with Gasteiger partial charge in [-0.2, -0.15) is 0 Å². The summed E-state index contributed by atoms with van der Waals surface area (Å²) in [7, 11) is 1.85. The molecule has 0 spiro atoms. The Balaban J connectivity index is 1.40. The van der Waals surface area contributed by atoms with Gasteiger partial charge in [0.2, 0.25) is 12.7 Å². The van der Waals surface area contributed by atoms with Gasteiger partial charge >= 0.3 is 0 Å². The summed E-state index contributed by atoms with van der Waals surface area (Å²) >= 11 is 1.64. The second-order valence-corrected chi connectivity index (χ2v) is 7.45. The quantitative estimate of drug-likeness (QED) is 0.678. The fourth-order valence-electron chi connectivity index (χ4n) is 2.97. The van der Waals surface area contributed by atoms with Crippen molar-refractivity contribution >= 4 is 27.5 Å². The molecular formula is C20H20N2O3S. The molecule has 0 unspecified atom stereocenters. The Kier molecular flexibility index (Phi) is 4.51. The summed E-state index contributed by atoms with van der Waals surface area (Å²) in [4.78, 5) is 19.1. The molecule has 0 aliphatic carbocycles. The monoisotopic (exact) mass is 368 g/mol. The number of fused-ring (bicyclic) bond motifs is 2. The number of para-hydroxylation sites is 1. The first-order valence-corrected chi connectivity index (χ1v) is 9.43. The van der Waals surface area contributed by atoms with E-state index >= 15 is 0 Å². The maximum atomic E-state index is 12.6. The van der Waals surface area contributed by atoms with Crippen molar-refractivity contribution in [1.82, 2.24) is 9.88 Å². The summed E-state index contributed by atoms with van der Waals surface area (Å²) < 4.78 is 11.9. The van der Waals surface area contributed by atoms with Crippen LogP contribution in [0.5, 0.6) is 11.5 Å². The van der Waals surface area contributed by atoms with E-state index in [-0.39, 0.29) is 18.7 Å². The second-order valence-electron chi connectivity index (χ2n) is 6.39. The SMILES string of the molecule is C[C@H](c1nc2ccccc2s1)N(C)C(=O)CCc1ccc2c(c1)OCO2. The first-order chi connectivity index (χ1) is 12.6. The normalized spacial score (nSPS) is 13.8. The lowest BCUT2D eigenvalue weighted by molar-refractivity contribution is -0.131. The van der Waals surface area contributed by atoms with E-state index in [1.54, 1.807) is 16.2 Å². The molecule has 2 heterocycles. The van der Waals surface area contributed by atoms with Gasteiger partial charge in [0.15, 0.2) is 11.5 Å². The number of hydrogen-bond donors (Lipinski definition) is 0. The van der Waals surface area contributed by atoms with E-state index in [9.17, 15) is 4.79 Å². The van der Waals surface area contributed by atoms with Crippen molar-refractivity contribution < 1.29 is 14.3 Å². The molecule has 2 aromatic carbocycles. The summed E-state index contributed by atoms with van der Waals surface area (Å²) in [6.45, 7) is 2.29. The molecule has 0 bridgehead atoms. The maximum absolute atomic E-state index is 12.6. The van der Waals surface area contributed by atoms with Crippen LogP contribution < -0.4 is 9.47 Å². The van der Waals surface area contributed by atoms with Gasteiger partial charge in [0.05, 0.1) is 16.3 Å². The first kappa shape index (κ1) is 16.8. The molecule has 6 heteroatoms. The summed E-state index contributed by atoms with van der Waals surface area (Å²) in [6, 6.07) is 13.8. The molecule has 0 radical (unpaired) electrons. The van der Waals surface area contributed by atoms with E-state index < -0.39 is 0 Å². The minimum Gasteiger partial charge on any atom is -0.454 e. The smallest absolute Gasteiger partial charge is 0.231 e. The molecule has 26 heavy (non-hydrogen) atoms. The van der Waals surface area contributed by atoms with Crippen LogP contribution in [0.25, 0.3) is 10.2 Å². The van der Waals surface area contributed by atoms with E-state index in [4.69, 9.17) is 9.47 Å². The number of hydrogen-bond acceptors (Lipinski definition) is 5. The van der Waals surface area contributed by atoms with Gasteiger partial charge in [-0.25, -0.2) is 4.98 Å². The van der Waals surface area contributed by atoms with E-state index in [0.717, 1.165) is 32.3 Å². The van der Waals surface area contributed by atoms with Crippen LogP contribution in [0, 0.1) is 0 Å². The predicted octanol–water partition coefficient (Wildman–Crippen LogP) is 4.18. The molecule has 0 saturated carbocycles. The number of aromatic nitrogens is 1. The Labute approximate surface area is 156 Å². The maximum Gasteiger partial charge on any atom is 0.231 e. The average molecular weight is 368 g/mol. The van der Waals surface area contributed by atoms with Gasteiger partial charge in [-0.1, -0.05) is 18.2 Å². The number of ether oxygens (including phenoxy) is 2. The van der Waals surface area contributed by atoms with Crippen molar-refractivity contribution in [3.63, 3.8) is 0 Å². The van der Waals surface area contributed by atoms with Crippen molar-refractivity contribution in [2.45, 2.75) is 25.8 Å². The largest absolute Gasteiger partial charge is 0.454 e. The topological polar surface area (TPSA) is 51.7 Å². The average Bonchev–Trinajstić information content (AvgIpc) is 3.30. The summed E-state index contributed by atoms with van der Waals surface area (Å²) in [5.41, 5.74) is 2.06. The van der Waals surface area contributed by atoms with Crippen LogP contribution in [-0.2, 0) is 11.2 Å². The number of carbonyl (C=O) groups is 1. The molecule has 3 aromatic rings. The van der Waals surface area contributed by atoms with Gasteiger partial charge in [0.25, 0.3) is 0 Å². The number of aryl methyl sites for hydroxylation is 1. The summed E-state index contributed by atoms with van der Waals surface area (Å²) in [6.07, 6.45) is 1.12. The number of amides is 1. The van der Waals surface area contributed by atoms with Gasteiger partial charge in [-0.3, -0.25) is 4.79 Å². The van der Waals surface area contributed by atoms with Crippen LogP contribution in [0.15, 0.2) is 42.5 Å².